The lowest BCUT2D eigenvalue weighted by atomic mass is 10.2. The van der Waals surface area contributed by atoms with Crippen LogP contribution in [0.1, 0.15) is 24.1 Å². The molecule has 3 rings (SSSR count). The van der Waals surface area contributed by atoms with E-state index in [4.69, 9.17) is 9.84 Å². The number of hydrogen-bond donors (Lipinski definition) is 1. The number of carbonyl (C=O) groups excluding carboxylic acids is 1. The smallest absolute Gasteiger partial charge is 0.307 e. The van der Waals surface area contributed by atoms with E-state index < -0.39 is 11.9 Å². The van der Waals surface area contributed by atoms with Crippen LogP contribution < -0.4 is 0 Å². The molecule has 2 aliphatic rings. The van der Waals surface area contributed by atoms with Gasteiger partial charge in [0.15, 0.2) is 0 Å². The fourth-order valence-corrected chi connectivity index (χ4v) is 3.55. The summed E-state index contributed by atoms with van der Waals surface area (Å²) in [5, 5.41) is 11.0. The normalized spacial score (nSPS) is 27.5. The summed E-state index contributed by atoms with van der Waals surface area (Å²) in [5.74, 6) is -1.73. The first-order valence-corrected chi connectivity index (χ1v) is 8.18. The molecule has 1 saturated carbocycles. The average molecular weight is 309 g/mol. The minimum Gasteiger partial charge on any atom is -0.481 e. The molecule has 1 aliphatic heterocycles. The number of hydrogen-bond acceptors (Lipinski definition) is 4. The van der Waals surface area contributed by atoms with E-state index in [1.165, 1.54) is 0 Å². The predicted molar refractivity (Wildman–Crippen MR) is 77.9 cm³/mol. The van der Waals surface area contributed by atoms with Crippen molar-refractivity contribution in [1.82, 2.24) is 4.90 Å². The summed E-state index contributed by atoms with van der Waals surface area (Å²) in [7, 11) is 0. The molecular weight excluding hydrogens is 290 g/mol. The molecule has 1 aromatic heterocycles. The van der Waals surface area contributed by atoms with E-state index in [0.29, 0.717) is 19.5 Å². The predicted octanol–water partition coefficient (Wildman–Crippen LogP) is 1.98. The van der Waals surface area contributed by atoms with Gasteiger partial charge in [-0.2, -0.15) is 0 Å². The summed E-state index contributed by atoms with van der Waals surface area (Å²) in [6.07, 6.45) is 2.57. The molecule has 0 radical (unpaired) electrons. The molecule has 114 valence electrons. The van der Waals surface area contributed by atoms with E-state index >= 15 is 0 Å². The molecule has 2 heterocycles. The number of nitrogens with zero attached hydrogens (tertiary/aromatic N) is 1. The van der Waals surface area contributed by atoms with Gasteiger partial charge in [0, 0.05) is 18.0 Å². The number of carboxylic acids is 1. The van der Waals surface area contributed by atoms with Crippen molar-refractivity contribution in [2.45, 2.75) is 31.9 Å². The standard InChI is InChI=1S/C15H19NO4S/c17-14(12-7-13(12)15(18)19)16(8-10-3-1-5-20-10)9-11-4-2-6-21-11/h2,4,6,10,12-13H,1,3,5,7-9H2,(H,18,19)/t10?,12-,13+/m1/s1. The van der Waals surface area contributed by atoms with Gasteiger partial charge in [-0.15, -0.1) is 11.3 Å². The first kappa shape index (κ1) is 14.5. The largest absolute Gasteiger partial charge is 0.481 e. The molecule has 1 saturated heterocycles. The highest BCUT2D eigenvalue weighted by molar-refractivity contribution is 7.09. The zero-order chi connectivity index (χ0) is 14.8. The molecule has 6 heteroatoms. The highest BCUT2D eigenvalue weighted by Gasteiger charge is 2.50. The van der Waals surface area contributed by atoms with Gasteiger partial charge >= 0.3 is 5.97 Å². The van der Waals surface area contributed by atoms with Crippen molar-refractivity contribution in [3.8, 4) is 0 Å². The van der Waals surface area contributed by atoms with Crippen LogP contribution in [0.2, 0.25) is 0 Å². The average Bonchev–Trinajstić information content (AvgIpc) is 2.85. The van der Waals surface area contributed by atoms with Crippen molar-refractivity contribution in [3.63, 3.8) is 0 Å². The minimum absolute atomic E-state index is 0.0358. The zero-order valence-corrected chi connectivity index (χ0v) is 12.6. The summed E-state index contributed by atoms with van der Waals surface area (Å²) < 4.78 is 5.62. The third-order valence-electron chi connectivity index (χ3n) is 4.11. The van der Waals surface area contributed by atoms with Gasteiger partial charge < -0.3 is 14.7 Å². The Hall–Kier alpha value is -1.40. The minimum atomic E-state index is -0.860. The molecule has 1 aromatic rings. The Bertz CT molecular complexity index is 510. The van der Waals surface area contributed by atoms with Crippen molar-refractivity contribution < 1.29 is 19.4 Å². The van der Waals surface area contributed by atoms with E-state index in [-0.39, 0.29) is 17.9 Å². The lowest BCUT2D eigenvalue weighted by Gasteiger charge is -2.25. The van der Waals surface area contributed by atoms with E-state index in [2.05, 4.69) is 0 Å². The number of rotatable bonds is 6. The SMILES string of the molecule is O=C(O)[C@H]1C[C@H]1C(=O)N(Cc1cccs1)CC1CCCO1. The molecule has 5 nitrogen and oxygen atoms in total. The van der Waals surface area contributed by atoms with Crippen LogP contribution in [0.3, 0.4) is 0 Å². The maximum Gasteiger partial charge on any atom is 0.307 e. The lowest BCUT2D eigenvalue weighted by molar-refractivity contribution is -0.142. The van der Waals surface area contributed by atoms with Crippen molar-refractivity contribution in [3.05, 3.63) is 22.4 Å². The first-order chi connectivity index (χ1) is 10.1. The Balaban J connectivity index is 1.65. The molecule has 0 spiro atoms. The molecule has 0 bridgehead atoms. The number of carboxylic acid groups (broad SMARTS) is 1. The topological polar surface area (TPSA) is 66.8 Å². The second kappa shape index (κ2) is 6.15. The van der Waals surface area contributed by atoms with Crippen LogP contribution >= 0.6 is 11.3 Å². The monoisotopic (exact) mass is 309 g/mol. The summed E-state index contributed by atoms with van der Waals surface area (Å²) in [4.78, 5) is 26.4. The molecule has 1 N–H and O–H groups in total. The van der Waals surface area contributed by atoms with Gasteiger partial charge in [-0.05, 0) is 30.7 Å². The molecule has 1 unspecified atom stereocenters. The summed E-state index contributed by atoms with van der Waals surface area (Å²) >= 11 is 1.61. The van der Waals surface area contributed by atoms with Crippen LogP contribution in [-0.2, 0) is 20.9 Å². The van der Waals surface area contributed by atoms with Gasteiger partial charge in [0.05, 0.1) is 24.5 Å². The number of thiophene rings is 1. The molecule has 0 aromatic carbocycles. The van der Waals surface area contributed by atoms with Gasteiger partial charge in [0.1, 0.15) is 0 Å². The quantitative estimate of drug-likeness (QED) is 0.872. The van der Waals surface area contributed by atoms with Crippen LogP contribution in [0.5, 0.6) is 0 Å². The lowest BCUT2D eigenvalue weighted by Crippen LogP contribution is -2.38. The van der Waals surface area contributed by atoms with Gasteiger partial charge in [-0.3, -0.25) is 9.59 Å². The van der Waals surface area contributed by atoms with Crippen LogP contribution in [0.4, 0.5) is 0 Å². The number of aliphatic carboxylic acids is 1. The number of amides is 1. The van der Waals surface area contributed by atoms with E-state index in [1.54, 1.807) is 16.2 Å². The van der Waals surface area contributed by atoms with Crippen molar-refractivity contribution in [2.75, 3.05) is 13.2 Å². The first-order valence-electron chi connectivity index (χ1n) is 7.30. The third kappa shape index (κ3) is 3.44. The second-order valence-corrected chi connectivity index (χ2v) is 6.75. The second-order valence-electron chi connectivity index (χ2n) is 5.72. The van der Waals surface area contributed by atoms with Crippen molar-refractivity contribution in [1.29, 1.82) is 0 Å². The van der Waals surface area contributed by atoms with E-state index in [9.17, 15) is 9.59 Å². The third-order valence-corrected chi connectivity index (χ3v) is 4.97. The Morgan fingerprint density at radius 2 is 2.29 bits per heavy atom. The van der Waals surface area contributed by atoms with Crippen LogP contribution in [0.15, 0.2) is 17.5 Å². The van der Waals surface area contributed by atoms with Crippen LogP contribution in [-0.4, -0.2) is 41.1 Å². The highest BCUT2D eigenvalue weighted by atomic mass is 32.1. The van der Waals surface area contributed by atoms with Gasteiger partial charge in [0.25, 0.3) is 0 Å². The summed E-state index contributed by atoms with van der Waals surface area (Å²) in [5.41, 5.74) is 0. The highest BCUT2D eigenvalue weighted by Crippen LogP contribution is 2.40. The van der Waals surface area contributed by atoms with Gasteiger partial charge in [-0.1, -0.05) is 6.07 Å². The summed E-state index contributed by atoms with van der Waals surface area (Å²) in [6, 6.07) is 3.97. The Kier molecular flexibility index (Phi) is 4.26. The maximum absolute atomic E-state index is 12.5. The Labute approximate surface area is 127 Å². The maximum atomic E-state index is 12.5. The van der Waals surface area contributed by atoms with E-state index in [0.717, 1.165) is 24.3 Å². The molecule has 1 amide bonds. The van der Waals surface area contributed by atoms with Crippen molar-refractivity contribution >= 4 is 23.2 Å². The zero-order valence-electron chi connectivity index (χ0n) is 11.7. The van der Waals surface area contributed by atoms with Gasteiger partial charge in [-0.25, -0.2) is 0 Å². The Morgan fingerprint density at radius 1 is 1.43 bits per heavy atom. The summed E-state index contributed by atoms with van der Waals surface area (Å²) in [6.45, 7) is 1.88. The number of carbonyl (C=O) groups is 2. The van der Waals surface area contributed by atoms with Crippen LogP contribution in [0, 0.1) is 11.8 Å². The van der Waals surface area contributed by atoms with Gasteiger partial charge in [0.2, 0.25) is 5.91 Å². The molecule has 21 heavy (non-hydrogen) atoms. The number of ether oxygens (including phenoxy) is 1. The molecular formula is C15H19NO4S. The molecule has 1 aliphatic carbocycles. The fraction of sp³-hybridized carbons (Fsp3) is 0.600. The molecule has 2 fully saturated rings. The Morgan fingerprint density at radius 3 is 2.86 bits per heavy atom. The van der Waals surface area contributed by atoms with Crippen LogP contribution in [0.25, 0.3) is 0 Å². The fourth-order valence-electron chi connectivity index (χ4n) is 2.83. The van der Waals surface area contributed by atoms with E-state index in [1.807, 2.05) is 17.5 Å². The molecule has 3 atom stereocenters. The van der Waals surface area contributed by atoms with Crippen molar-refractivity contribution in [2.24, 2.45) is 11.8 Å².